The molecule has 5 rings (SSSR count). The molecule has 4 heteroatoms. The van der Waals surface area contributed by atoms with Crippen LogP contribution in [0.15, 0.2) is 67.4 Å². The standard InChI is InChI=1S/C28H33N3O/c1-3-4-9-21-12-8-13-25-24(21)16-19-31-20-26(22-10-6-5-7-11-22)29-28(31)27(25)32-23-14-17-30(2)18-15-23/h3,5-8,10-13,20,23,27H,1,4,9,14-19H2,2H3. The Kier molecular flexibility index (Phi) is 6.24. The van der Waals surface area contributed by atoms with Crippen LogP contribution in [-0.2, 0) is 24.1 Å². The van der Waals surface area contributed by atoms with Gasteiger partial charge < -0.3 is 14.2 Å². The number of ether oxygens (including phenoxy) is 1. The predicted molar refractivity (Wildman–Crippen MR) is 130 cm³/mol. The number of likely N-dealkylation sites (tertiary alicyclic amines) is 1. The van der Waals surface area contributed by atoms with E-state index in [1.54, 1.807) is 0 Å². The molecule has 0 radical (unpaired) electrons. The minimum atomic E-state index is -0.123. The van der Waals surface area contributed by atoms with Crippen molar-refractivity contribution in [1.82, 2.24) is 14.5 Å². The van der Waals surface area contributed by atoms with Gasteiger partial charge >= 0.3 is 0 Å². The van der Waals surface area contributed by atoms with E-state index in [1.807, 2.05) is 6.08 Å². The van der Waals surface area contributed by atoms with Gasteiger partial charge in [0.25, 0.3) is 0 Å². The molecule has 2 aromatic carbocycles. The van der Waals surface area contributed by atoms with Crippen molar-refractivity contribution in [3.8, 4) is 11.3 Å². The summed E-state index contributed by atoms with van der Waals surface area (Å²) >= 11 is 0. The first-order valence-corrected chi connectivity index (χ1v) is 11.9. The maximum absolute atomic E-state index is 6.89. The van der Waals surface area contributed by atoms with Gasteiger partial charge in [0.15, 0.2) is 0 Å². The quantitative estimate of drug-likeness (QED) is 0.492. The Morgan fingerprint density at radius 1 is 1.06 bits per heavy atom. The molecule has 2 aliphatic rings. The molecule has 1 aromatic heterocycles. The van der Waals surface area contributed by atoms with Gasteiger partial charge in [-0.2, -0.15) is 0 Å². The number of rotatable bonds is 6. The summed E-state index contributed by atoms with van der Waals surface area (Å²) in [5, 5.41) is 0. The van der Waals surface area contributed by atoms with Crippen LogP contribution in [0.1, 0.15) is 47.9 Å². The molecule has 0 bridgehead atoms. The number of hydrogen-bond acceptors (Lipinski definition) is 3. The summed E-state index contributed by atoms with van der Waals surface area (Å²) in [6, 6.07) is 17.2. The number of imidazole rings is 1. The second-order valence-corrected chi connectivity index (χ2v) is 9.12. The van der Waals surface area contributed by atoms with Gasteiger partial charge in [-0.1, -0.05) is 54.6 Å². The third kappa shape index (κ3) is 4.30. The molecule has 3 heterocycles. The number of allylic oxidation sites excluding steroid dienone is 1. The van der Waals surface area contributed by atoms with E-state index in [-0.39, 0.29) is 12.2 Å². The third-order valence-electron chi connectivity index (χ3n) is 6.92. The molecule has 1 saturated heterocycles. The zero-order valence-corrected chi connectivity index (χ0v) is 19.0. The second kappa shape index (κ2) is 9.43. The molecule has 3 aromatic rings. The lowest BCUT2D eigenvalue weighted by Gasteiger charge is -2.32. The Morgan fingerprint density at radius 3 is 2.66 bits per heavy atom. The van der Waals surface area contributed by atoms with E-state index in [9.17, 15) is 0 Å². The van der Waals surface area contributed by atoms with Gasteiger partial charge in [-0.25, -0.2) is 4.98 Å². The highest BCUT2D eigenvalue weighted by Gasteiger charge is 2.31. The first-order chi connectivity index (χ1) is 15.7. The van der Waals surface area contributed by atoms with Crippen molar-refractivity contribution in [1.29, 1.82) is 0 Å². The van der Waals surface area contributed by atoms with Crippen molar-refractivity contribution in [3.63, 3.8) is 0 Å². The summed E-state index contributed by atoms with van der Waals surface area (Å²) in [4.78, 5) is 7.54. The smallest absolute Gasteiger partial charge is 0.143 e. The molecule has 1 fully saturated rings. The predicted octanol–water partition coefficient (Wildman–Crippen LogP) is 5.43. The number of benzene rings is 2. The van der Waals surface area contributed by atoms with Crippen LogP contribution in [-0.4, -0.2) is 40.7 Å². The van der Waals surface area contributed by atoms with Crippen LogP contribution in [0.4, 0.5) is 0 Å². The average Bonchev–Trinajstić information content (AvgIpc) is 3.20. The van der Waals surface area contributed by atoms with E-state index in [0.29, 0.717) is 0 Å². The maximum atomic E-state index is 6.89. The van der Waals surface area contributed by atoms with Crippen LogP contribution >= 0.6 is 0 Å². The minimum Gasteiger partial charge on any atom is -0.362 e. The SMILES string of the molecule is C=CCCc1cccc2c1CCn1cc(-c3ccccc3)nc1C2OC1CCN(C)CC1. The zero-order chi connectivity index (χ0) is 21.9. The van der Waals surface area contributed by atoms with Gasteiger partial charge in [0, 0.05) is 31.4 Å². The average molecular weight is 428 g/mol. The number of piperidine rings is 1. The molecule has 0 N–H and O–H groups in total. The van der Waals surface area contributed by atoms with E-state index in [4.69, 9.17) is 9.72 Å². The highest BCUT2D eigenvalue weighted by Crippen LogP contribution is 2.37. The van der Waals surface area contributed by atoms with Gasteiger partial charge in [0.05, 0.1) is 11.8 Å². The molecule has 0 amide bonds. The third-order valence-corrected chi connectivity index (χ3v) is 6.92. The molecular weight excluding hydrogens is 394 g/mol. The minimum absolute atomic E-state index is 0.123. The molecular formula is C28H33N3O. The van der Waals surface area contributed by atoms with E-state index in [0.717, 1.165) is 68.8 Å². The number of fused-ring (bicyclic) bond motifs is 2. The van der Waals surface area contributed by atoms with Crippen LogP contribution in [0, 0.1) is 0 Å². The molecule has 166 valence electrons. The summed E-state index contributed by atoms with van der Waals surface area (Å²) in [7, 11) is 2.20. The number of nitrogens with zero attached hydrogens (tertiary/aromatic N) is 3. The van der Waals surface area contributed by atoms with Crippen molar-refractivity contribution in [2.45, 2.75) is 50.9 Å². The molecule has 0 aliphatic carbocycles. The van der Waals surface area contributed by atoms with E-state index >= 15 is 0 Å². The first-order valence-electron chi connectivity index (χ1n) is 11.9. The van der Waals surface area contributed by atoms with E-state index in [2.05, 4.69) is 77.8 Å². The maximum Gasteiger partial charge on any atom is 0.143 e. The number of aryl methyl sites for hydroxylation is 2. The highest BCUT2D eigenvalue weighted by atomic mass is 16.5. The Morgan fingerprint density at radius 2 is 1.88 bits per heavy atom. The van der Waals surface area contributed by atoms with Crippen molar-refractivity contribution >= 4 is 0 Å². The van der Waals surface area contributed by atoms with Crippen molar-refractivity contribution in [2.75, 3.05) is 20.1 Å². The fraction of sp³-hybridized carbons (Fsp3) is 0.393. The topological polar surface area (TPSA) is 30.3 Å². The monoisotopic (exact) mass is 427 g/mol. The summed E-state index contributed by atoms with van der Waals surface area (Å²) in [5.41, 5.74) is 6.36. The van der Waals surface area contributed by atoms with Gasteiger partial charge in [-0.3, -0.25) is 0 Å². The van der Waals surface area contributed by atoms with E-state index < -0.39 is 0 Å². The number of hydrogen-bond donors (Lipinski definition) is 0. The van der Waals surface area contributed by atoms with E-state index in [1.165, 1.54) is 16.7 Å². The van der Waals surface area contributed by atoms with Crippen molar-refractivity contribution in [2.24, 2.45) is 0 Å². The van der Waals surface area contributed by atoms with Crippen LogP contribution in [0.3, 0.4) is 0 Å². The fourth-order valence-electron chi connectivity index (χ4n) is 5.08. The highest BCUT2D eigenvalue weighted by molar-refractivity contribution is 5.59. The van der Waals surface area contributed by atoms with Gasteiger partial charge in [0.1, 0.15) is 11.9 Å². The largest absolute Gasteiger partial charge is 0.362 e. The van der Waals surface area contributed by atoms with Gasteiger partial charge in [0.2, 0.25) is 0 Å². The lowest BCUT2D eigenvalue weighted by Crippen LogP contribution is -2.35. The zero-order valence-electron chi connectivity index (χ0n) is 19.0. The van der Waals surface area contributed by atoms with Crippen LogP contribution in [0.5, 0.6) is 0 Å². The fourth-order valence-corrected chi connectivity index (χ4v) is 5.08. The summed E-state index contributed by atoms with van der Waals surface area (Å²) < 4.78 is 9.22. The lowest BCUT2D eigenvalue weighted by atomic mass is 9.92. The Hall–Kier alpha value is -2.69. The molecule has 0 spiro atoms. The van der Waals surface area contributed by atoms with Gasteiger partial charge in [-0.15, -0.1) is 6.58 Å². The molecule has 1 atom stereocenters. The van der Waals surface area contributed by atoms with Crippen LogP contribution in [0.2, 0.25) is 0 Å². The molecule has 0 saturated carbocycles. The second-order valence-electron chi connectivity index (χ2n) is 9.12. The first kappa shape index (κ1) is 21.2. The summed E-state index contributed by atoms with van der Waals surface area (Å²) in [6.07, 6.45) is 9.56. The van der Waals surface area contributed by atoms with Crippen molar-refractivity contribution in [3.05, 3.63) is 89.9 Å². The van der Waals surface area contributed by atoms with Crippen LogP contribution in [0.25, 0.3) is 11.3 Å². The number of aromatic nitrogens is 2. The lowest BCUT2D eigenvalue weighted by molar-refractivity contribution is -0.0275. The molecule has 4 nitrogen and oxygen atoms in total. The summed E-state index contributed by atoms with van der Waals surface area (Å²) in [6.45, 7) is 7.04. The Bertz CT molecular complexity index is 1060. The molecule has 1 unspecified atom stereocenters. The molecule has 32 heavy (non-hydrogen) atoms. The Labute approximate surface area is 191 Å². The van der Waals surface area contributed by atoms with Crippen molar-refractivity contribution < 1.29 is 4.74 Å². The normalized spacial score (nSPS) is 19.2. The van der Waals surface area contributed by atoms with Gasteiger partial charge in [-0.05, 0) is 55.8 Å². The van der Waals surface area contributed by atoms with Crippen LogP contribution < -0.4 is 0 Å². The summed E-state index contributed by atoms with van der Waals surface area (Å²) in [5.74, 6) is 1.04. The Balaban J connectivity index is 1.55. The molecule has 2 aliphatic heterocycles.